The van der Waals surface area contributed by atoms with E-state index in [1.165, 1.54) is 0 Å². The van der Waals surface area contributed by atoms with Gasteiger partial charge in [-0.1, -0.05) is 23.4 Å². The third-order valence-corrected chi connectivity index (χ3v) is 3.61. The average molecular weight is 279 g/mol. The van der Waals surface area contributed by atoms with Gasteiger partial charge in [0.25, 0.3) is 0 Å². The molecule has 1 aliphatic heterocycles. The summed E-state index contributed by atoms with van der Waals surface area (Å²) in [5.41, 5.74) is 0.169. The number of nitrogens with one attached hydrogen (secondary N) is 1. The van der Waals surface area contributed by atoms with E-state index in [0.717, 1.165) is 36.6 Å². The van der Waals surface area contributed by atoms with Crippen LogP contribution in [-0.4, -0.2) is 42.3 Å². The van der Waals surface area contributed by atoms with Crippen LogP contribution in [0.3, 0.4) is 0 Å². The summed E-state index contributed by atoms with van der Waals surface area (Å²) < 4.78 is 0. The highest BCUT2D eigenvalue weighted by Crippen LogP contribution is 2.20. The van der Waals surface area contributed by atoms with E-state index in [9.17, 15) is 5.11 Å². The van der Waals surface area contributed by atoms with E-state index in [1.807, 2.05) is 24.3 Å². The molecule has 0 saturated carbocycles. The van der Waals surface area contributed by atoms with E-state index < -0.39 is 5.60 Å². The van der Waals surface area contributed by atoms with Crippen molar-refractivity contribution >= 4 is 17.3 Å². The molecule has 19 heavy (non-hydrogen) atoms. The lowest BCUT2D eigenvalue weighted by Crippen LogP contribution is -2.41. The van der Waals surface area contributed by atoms with E-state index in [4.69, 9.17) is 11.6 Å². The van der Waals surface area contributed by atoms with Gasteiger partial charge in [0.15, 0.2) is 0 Å². The van der Waals surface area contributed by atoms with Crippen molar-refractivity contribution in [2.75, 3.05) is 32.0 Å². The molecule has 4 heteroatoms. The zero-order valence-electron chi connectivity index (χ0n) is 11.1. The molecule has 3 nitrogen and oxygen atoms in total. The highest BCUT2D eigenvalue weighted by molar-refractivity contribution is 6.30. The van der Waals surface area contributed by atoms with Crippen molar-refractivity contribution in [1.82, 2.24) is 4.90 Å². The number of aliphatic hydroxyl groups is 1. The molecule has 102 valence electrons. The van der Waals surface area contributed by atoms with Crippen LogP contribution in [0.25, 0.3) is 0 Å². The van der Waals surface area contributed by atoms with Gasteiger partial charge < -0.3 is 15.3 Å². The second-order valence-electron chi connectivity index (χ2n) is 5.00. The summed E-state index contributed by atoms with van der Waals surface area (Å²) >= 11 is 5.81. The van der Waals surface area contributed by atoms with Crippen molar-refractivity contribution < 1.29 is 5.11 Å². The van der Waals surface area contributed by atoms with Gasteiger partial charge in [0.2, 0.25) is 0 Å². The normalized spacial score (nSPS) is 18.5. The van der Waals surface area contributed by atoms with Crippen molar-refractivity contribution in [2.45, 2.75) is 18.4 Å². The molecule has 1 aliphatic rings. The molecule has 0 aliphatic carbocycles. The summed E-state index contributed by atoms with van der Waals surface area (Å²) in [6, 6.07) is 7.49. The van der Waals surface area contributed by atoms with Gasteiger partial charge in [-0.2, -0.15) is 0 Å². The molecule has 1 saturated heterocycles. The number of benzene rings is 1. The predicted octanol–water partition coefficient (Wildman–Crippen LogP) is 2.21. The molecule has 1 fully saturated rings. The fraction of sp³-hybridized carbons (Fsp3) is 0.467. The lowest BCUT2D eigenvalue weighted by Gasteiger charge is -2.32. The number of anilines is 1. The topological polar surface area (TPSA) is 35.5 Å². The van der Waals surface area contributed by atoms with Gasteiger partial charge in [0.1, 0.15) is 5.60 Å². The summed E-state index contributed by atoms with van der Waals surface area (Å²) in [6.07, 6.45) is 1.44. The highest BCUT2D eigenvalue weighted by atomic mass is 35.5. The van der Waals surface area contributed by atoms with E-state index in [0.29, 0.717) is 6.54 Å². The Morgan fingerprint density at radius 2 is 1.95 bits per heavy atom. The lowest BCUT2D eigenvalue weighted by atomic mass is 9.92. The SMILES string of the molecule is CN1CCC(O)(C#CCNc2ccc(Cl)cc2)CC1. The summed E-state index contributed by atoms with van der Waals surface area (Å²) in [5.74, 6) is 6.00. The molecule has 0 atom stereocenters. The fourth-order valence-corrected chi connectivity index (χ4v) is 2.16. The Morgan fingerprint density at radius 1 is 1.32 bits per heavy atom. The largest absolute Gasteiger partial charge is 0.378 e. The van der Waals surface area contributed by atoms with Crippen molar-refractivity contribution in [1.29, 1.82) is 0 Å². The highest BCUT2D eigenvalue weighted by Gasteiger charge is 2.28. The first-order valence-corrected chi connectivity index (χ1v) is 6.86. The Kier molecular flexibility index (Phi) is 4.71. The maximum atomic E-state index is 10.3. The summed E-state index contributed by atoms with van der Waals surface area (Å²) in [5, 5.41) is 14.2. The molecule has 1 aromatic carbocycles. The average Bonchev–Trinajstić information content (AvgIpc) is 2.41. The molecule has 0 spiro atoms. The number of nitrogens with zero attached hydrogens (tertiary/aromatic N) is 1. The Labute approximate surface area is 119 Å². The Hall–Kier alpha value is -1.21. The van der Waals surface area contributed by atoms with Crippen LogP contribution in [0.2, 0.25) is 5.02 Å². The third kappa shape index (κ3) is 4.43. The molecule has 2 N–H and O–H groups in total. The molecular formula is C15H19ClN2O. The first-order chi connectivity index (χ1) is 9.07. The molecule has 0 unspecified atom stereocenters. The first-order valence-electron chi connectivity index (χ1n) is 6.48. The molecule has 2 rings (SSSR count). The first kappa shape index (κ1) is 14.2. The predicted molar refractivity (Wildman–Crippen MR) is 79.4 cm³/mol. The van der Waals surface area contributed by atoms with E-state index >= 15 is 0 Å². The lowest BCUT2D eigenvalue weighted by molar-refractivity contribution is 0.0349. The number of likely N-dealkylation sites (tertiary alicyclic amines) is 1. The van der Waals surface area contributed by atoms with Crippen LogP contribution >= 0.6 is 11.6 Å². The maximum Gasteiger partial charge on any atom is 0.128 e. The van der Waals surface area contributed by atoms with Crippen LogP contribution in [0.1, 0.15) is 12.8 Å². The van der Waals surface area contributed by atoms with Crippen LogP contribution in [0.15, 0.2) is 24.3 Å². The van der Waals surface area contributed by atoms with Crippen molar-refractivity contribution in [3.8, 4) is 11.8 Å². The zero-order valence-corrected chi connectivity index (χ0v) is 11.9. The zero-order chi connectivity index (χ0) is 13.7. The Morgan fingerprint density at radius 3 is 2.58 bits per heavy atom. The molecule has 0 radical (unpaired) electrons. The van der Waals surface area contributed by atoms with Gasteiger partial charge in [-0.05, 0) is 31.3 Å². The Bertz CT molecular complexity index is 467. The van der Waals surface area contributed by atoms with Gasteiger partial charge in [0.05, 0.1) is 6.54 Å². The van der Waals surface area contributed by atoms with Crippen LogP contribution in [0.5, 0.6) is 0 Å². The monoisotopic (exact) mass is 278 g/mol. The van der Waals surface area contributed by atoms with Gasteiger partial charge in [-0.25, -0.2) is 0 Å². The van der Waals surface area contributed by atoms with E-state index in [2.05, 4.69) is 29.1 Å². The van der Waals surface area contributed by atoms with Gasteiger partial charge in [-0.3, -0.25) is 0 Å². The molecule has 1 heterocycles. The molecular weight excluding hydrogens is 260 g/mol. The second kappa shape index (κ2) is 6.29. The van der Waals surface area contributed by atoms with Gasteiger partial charge in [0, 0.05) is 36.6 Å². The number of hydrogen-bond donors (Lipinski definition) is 2. The fourth-order valence-electron chi connectivity index (χ4n) is 2.04. The Balaban J connectivity index is 1.82. The summed E-state index contributed by atoms with van der Waals surface area (Å²) in [4.78, 5) is 2.21. The maximum absolute atomic E-state index is 10.3. The second-order valence-corrected chi connectivity index (χ2v) is 5.43. The summed E-state index contributed by atoms with van der Waals surface area (Å²) in [6.45, 7) is 2.32. The number of piperidine rings is 1. The third-order valence-electron chi connectivity index (χ3n) is 3.36. The van der Waals surface area contributed by atoms with Crippen LogP contribution in [-0.2, 0) is 0 Å². The molecule has 0 amide bonds. The standard InChI is InChI=1S/C15H19ClN2O/c1-18-11-8-15(19,9-12-18)7-2-10-17-14-5-3-13(16)4-6-14/h3-6,17,19H,8-12H2,1H3. The van der Waals surface area contributed by atoms with Crippen LogP contribution in [0.4, 0.5) is 5.69 Å². The number of hydrogen-bond acceptors (Lipinski definition) is 3. The minimum atomic E-state index is -0.811. The quantitative estimate of drug-likeness (QED) is 0.815. The van der Waals surface area contributed by atoms with Crippen molar-refractivity contribution in [3.63, 3.8) is 0 Å². The smallest absolute Gasteiger partial charge is 0.128 e. The van der Waals surface area contributed by atoms with Gasteiger partial charge >= 0.3 is 0 Å². The summed E-state index contributed by atoms with van der Waals surface area (Å²) in [7, 11) is 2.06. The van der Waals surface area contributed by atoms with E-state index in [-0.39, 0.29) is 0 Å². The number of halogens is 1. The molecule has 0 aromatic heterocycles. The molecule has 1 aromatic rings. The van der Waals surface area contributed by atoms with Crippen LogP contribution < -0.4 is 5.32 Å². The van der Waals surface area contributed by atoms with Gasteiger partial charge in [-0.15, -0.1) is 0 Å². The minimum absolute atomic E-state index is 0.528. The minimum Gasteiger partial charge on any atom is -0.378 e. The van der Waals surface area contributed by atoms with Crippen molar-refractivity contribution in [3.05, 3.63) is 29.3 Å². The number of rotatable bonds is 2. The van der Waals surface area contributed by atoms with Crippen LogP contribution in [0, 0.1) is 11.8 Å². The van der Waals surface area contributed by atoms with Crippen molar-refractivity contribution in [2.24, 2.45) is 0 Å². The van der Waals surface area contributed by atoms with E-state index in [1.54, 1.807) is 0 Å². The molecule has 0 bridgehead atoms.